The van der Waals surface area contributed by atoms with E-state index in [1.165, 1.54) is 28.6 Å². The minimum absolute atomic E-state index is 0.117. The molecule has 1 aromatic carbocycles. The fraction of sp³-hybridized carbons (Fsp3) is 0.500. The fourth-order valence-corrected chi connectivity index (χ4v) is 5.31. The largest absolute Gasteiger partial charge is 0.354 e. The lowest BCUT2D eigenvalue weighted by molar-refractivity contribution is 0.312. The van der Waals surface area contributed by atoms with Crippen molar-refractivity contribution in [1.29, 1.82) is 0 Å². The van der Waals surface area contributed by atoms with Gasteiger partial charge in [-0.1, -0.05) is 12.1 Å². The third-order valence-electron chi connectivity index (χ3n) is 5.68. The maximum absolute atomic E-state index is 13.1. The van der Waals surface area contributed by atoms with Crippen LogP contribution in [-0.2, 0) is 15.8 Å². The van der Waals surface area contributed by atoms with Gasteiger partial charge in [-0.25, -0.2) is 22.8 Å². The van der Waals surface area contributed by atoms with Crippen molar-refractivity contribution < 1.29 is 12.8 Å². The molecule has 162 valence electrons. The lowest BCUT2D eigenvalue weighted by atomic mass is 10.2. The molecule has 3 heterocycles. The van der Waals surface area contributed by atoms with Gasteiger partial charge in [0, 0.05) is 58.4 Å². The third kappa shape index (κ3) is 4.88. The average Bonchev–Trinajstić information content (AvgIpc) is 2.76. The molecule has 2 aromatic rings. The number of piperazine rings is 2. The highest BCUT2D eigenvalue weighted by molar-refractivity contribution is 7.88. The fourth-order valence-electron chi connectivity index (χ4n) is 3.80. The van der Waals surface area contributed by atoms with Crippen LogP contribution >= 0.6 is 0 Å². The lowest BCUT2D eigenvalue weighted by Gasteiger charge is -2.36. The second-order valence-electron chi connectivity index (χ2n) is 7.79. The Morgan fingerprint density at radius 1 is 0.867 bits per heavy atom. The molecule has 4 rings (SSSR count). The van der Waals surface area contributed by atoms with E-state index in [-0.39, 0.29) is 11.6 Å². The summed E-state index contributed by atoms with van der Waals surface area (Å²) >= 11 is 0. The minimum Gasteiger partial charge on any atom is -0.354 e. The lowest BCUT2D eigenvalue weighted by Crippen LogP contribution is -2.49. The predicted octanol–water partition coefficient (Wildman–Crippen LogP) is 1.02. The van der Waals surface area contributed by atoms with E-state index in [1.807, 2.05) is 6.07 Å². The zero-order valence-corrected chi connectivity index (χ0v) is 17.9. The van der Waals surface area contributed by atoms with Gasteiger partial charge in [0.05, 0.1) is 5.75 Å². The summed E-state index contributed by atoms with van der Waals surface area (Å²) in [7, 11) is -1.33. The summed E-state index contributed by atoms with van der Waals surface area (Å²) in [6.45, 7) is 5.82. The van der Waals surface area contributed by atoms with Crippen molar-refractivity contribution in [2.45, 2.75) is 5.75 Å². The Labute approximate surface area is 177 Å². The molecule has 0 spiro atoms. The van der Waals surface area contributed by atoms with Crippen LogP contribution in [-0.4, -0.2) is 87.0 Å². The highest BCUT2D eigenvalue weighted by Crippen LogP contribution is 2.21. The molecular formula is C20H27FN6O2S. The topological polar surface area (TPSA) is 72.9 Å². The molecule has 0 atom stereocenters. The van der Waals surface area contributed by atoms with E-state index in [0.717, 1.165) is 37.8 Å². The number of hydrogen-bond acceptors (Lipinski definition) is 7. The van der Waals surface area contributed by atoms with E-state index in [4.69, 9.17) is 0 Å². The van der Waals surface area contributed by atoms with Gasteiger partial charge in [0.1, 0.15) is 23.8 Å². The molecule has 2 fully saturated rings. The van der Waals surface area contributed by atoms with Crippen LogP contribution in [0.2, 0.25) is 0 Å². The molecule has 10 heteroatoms. The Bertz CT molecular complexity index is 956. The summed E-state index contributed by atoms with van der Waals surface area (Å²) in [5.41, 5.74) is 0.589. The molecule has 0 N–H and O–H groups in total. The SMILES string of the molecule is CN1CCN(c2cc(N3CCN(S(=O)(=O)Cc4ccc(F)cc4)CC3)ncn2)CC1. The molecule has 0 aliphatic carbocycles. The number of hydrogen-bond donors (Lipinski definition) is 0. The van der Waals surface area contributed by atoms with Gasteiger partial charge in [-0.15, -0.1) is 0 Å². The first kappa shape index (κ1) is 21.0. The summed E-state index contributed by atoms with van der Waals surface area (Å²) in [4.78, 5) is 15.5. The molecule has 0 amide bonds. The maximum Gasteiger partial charge on any atom is 0.218 e. The molecule has 2 aliphatic rings. The predicted molar refractivity (Wildman–Crippen MR) is 115 cm³/mol. The van der Waals surface area contributed by atoms with Crippen LogP contribution in [0.3, 0.4) is 0 Å². The third-order valence-corrected chi connectivity index (χ3v) is 7.53. The number of sulfonamides is 1. The van der Waals surface area contributed by atoms with Gasteiger partial charge in [-0.3, -0.25) is 0 Å². The Hall–Kier alpha value is -2.30. The number of rotatable bonds is 5. The summed E-state index contributed by atoms with van der Waals surface area (Å²) < 4.78 is 40.1. The number of aromatic nitrogens is 2. The van der Waals surface area contributed by atoms with Crippen LogP contribution in [0.1, 0.15) is 5.56 Å². The van der Waals surface area contributed by atoms with Crippen molar-refractivity contribution in [2.24, 2.45) is 0 Å². The highest BCUT2D eigenvalue weighted by Gasteiger charge is 2.28. The van der Waals surface area contributed by atoms with Crippen molar-refractivity contribution in [1.82, 2.24) is 19.2 Å². The van der Waals surface area contributed by atoms with Crippen molar-refractivity contribution in [3.05, 3.63) is 48.0 Å². The number of anilines is 2. The zero-order valence-electron chi connectivity index (χ0n) is 17.1. The molecule has 0 unspecified atom stereocenters. The second-order valence-corrected chi connectivity index (χ2v) is 9.76. The van der Waals surface area contributed by atoms with Crippen molar-refractivity contribution in [3.63, 3.8) is 0 Å². The summed E-state index contributed by atoms with van der Waals surface area (Å²) in [5, 5.41) is 0. The van der Waals surface area contributed by atoms with Crippen molar-refractivity contribution in [3.8, 4) is 0 Å². The molecule has 0 saturated carbocycles. The van der Waals surface area contributed by atoms with E-state index in [0.29, 0.717) is 31.7 Å². The highest BCUT2D eigenvalue weighted by atomic mass is 32.2. The van der Waals surface area contributed by atoms with Crippen LogP contribution in [0, 0.1) is 5.82 Å². The maximum atomic E-state index is 13.1. The minimum atomic E-state index is -3.45. The van der Waals surface area contributed by atoms with Gasteiger partial charge < -0.3 is 14.7 Å². The molecule has 0 bridgehead atoms. The first-order valence-corrected chi connectivity index (χ1v) is 11.7. The van der Waals surface area contributed by atoms with Crippen LogP contribution in [0.5, 0.6) is 0 Å². The molecular weight excluding hydrogens is 407 g/mol. The Morgan fingerprint density at radius 3 is 1.97 bits per heavy atom. The summed E-state index contributed by atoms with van der Waals surface area (Å²) in [6.07, 6.45) is 1.58. The molecule has 8 nitrogen and oxygen atoms in total. The van der Waals surface area contributed by atoms with Gasteiger partial charge in [0.25, 0.3) is 0 Å². The van der Waals surface area contributed by atoms with Gasteiger partial charge in [0.15, 0.2) is 0 Å². The molecule has 30 heavy (non-hydrogen) atoms. The van der Waals surface area contributed by atoms with Crippen molar-refractivity contribution >= 4 is 21.7 Å². The number of halogens is 1. The van der Waals surface area contributed by atoms with E-state index < -0.39 is 10.0 Å². The number of benzene rings is 1. The number of likely N-dealkylation sites (N-methyl/N-ethyl adjacent to an activating group) is 1. The van der Waals surface area contributed by atoms with E-state index in [2.05, 4.69) is 31.7 Å². The standard InChI is InChI=1S/C20H27FN6O2S/c1-24-6-8-25(9-7-24)19-14-20(23-16-22-19)26-10-12-27(13-11-26)30(28,29)15-17-2-4-18(21)5-3-17/h2-5,14,16H,6-13,15H2,1H3. The first-order chi connectivity index (χ1) is 14.4. The second kappa shape index (κ2) is 8.83. The molecule has 2 saturated heterocycles. The quantitative estimate of drug-likeness (QED) is 0.696. The van der Waals surface area contributed by atoms with Crippen LogP contribution in [0.25, 0.3) is 0 Å². The van der Waals surface area contributed by atoms with Gasteiger partial charge >= 0.3 is 0 Å². The average molecular weight is 435 g/mol. The summed E-state index contributed by atoms with van der Waals surface area (Å²) in [5.74, 6) is 1.26. The van der Waals surface area contributed by atoms with Gasteiger partial charge in [0.2, 0.25) is 10.0 Å². The van der Waals surface area contributed by atoms with E-state index >= 15 is 0 Å². The van der Waals surface area contributed by atoms with Crippen LogP contribution in [0.15, 0.2) is 36.7 Å². The number of nitrogens with zero attached hydrogens (tertiary/aromatic N) is 6. The van der Waals surface area contributed by atoms with Crippen molar-refractivity contribution in [2.75, 3.05) is 69.2 Å². The molecule has 0 radical (unpaired) electrons. The molecule has 1 aromatic heterocycles. The zero-order chi connectivity index (χ0) is 21.1. The monoisotopic (exact) mass is 434 g/mol. The Morgan fingerprint density at radius 2 is 1.40 bits per heavy atom. The Balaban J connectivity index is 1.37. The van der Waals surface area contributed by atoms with E-state index in [1.54, 1.807) is 6.33 Å². The van der Waals surface area contributed by atoms with Gasteiger partial charge in [-0.05, 0) is 24.7 Å². The molecule has 2 aliphatic heterocycles. The first-order valence-electron chi connectivity index (χ1n) is 10.1. The van der Waals surface area contributed by atoms with Crippen LogP contribution in [0.4, 0.5) is 16.0 Å². The van der Waals surface area contributed by atoms with Gasteiger partial charge in [-0.2, -0.15) is 4.31 Å². The normalized spacial score (nSPS) is 19.3. The smallest absolute Gasteiger partial charge is 0.218 e. The summed E-state index contributed by atoms with van der Waals surface area (Å²) in [6, 6.07) is 7.60. The van der Waals surface area contributed by atoms with E-state index in [9.17, 15) is 12.8 Å². The van der Waals surface area contributed by atoms with Crippen LogP contribution < -0.4 is 9.80 Å². The Kier molecular flexibility index (Phi) is 6.16.